The van der Waals surface area contributed by atoms with Gasteiger partial charge in [0, 0.05) is 37.9 Å². The number of likely N-dealkylation sites (tertiary alicyclic amines) is 1. The minimum absolute atomic E-state index is 0.0267. The summed E-state index contributed by atoms with van der Waals surface area (Å²) in [5, 5.41) is 19.3. The Bertz CT molecular complexity index is 1710. The molecule has 2 saturated heterocycles. The first-order chi connectivity index (χ1) is 21.4. The molecule has 0 bridgehead atoms. The van der Waals surface area contributed by atoms with E-state index in [0.29, 0.717) is 63.0 Å². The largest absolute Gasteiger partial charge is 0.484 e. The summed E-state index contributed by atoms with van der Waals surface area (Å²) in [7, 11) is 0. The first kappa shape index (κ1) is 29.7. The Balaban J connectivity index is 1.13. The van der Waals surface area contributed by atoms with Crippen molar-refractivity contribution in [2.24, 2.45) is 0 Å². The van der Waals surface area contributed by atoms with Gasteiger partial charge in [-0.1, -0.05) is 11.6 Å². The maximum atomic E-state index is 13.3. The van der Waals surface area contributed by atoms with Crippen LogP contribution >= 0.6 is 11.6 Å². The highest BCUT2D eigenvalue weighted by atomic mass is 35.5. The molecule has 228 valence electrons. The first-order valence-electron chi connectivity index (χ1n) is 14.4. The van der Waals surface area contributed by atoms with Crippen LogP contribution < -0.4 is 9.47 Å². The predicted molar refractivity (Wildman–Crippen MR) is 157 cm³/mol. The molecule has 4 heterocycles. The zero-order valence-electron chi connectivity index (χ0n) is 23.7. The van der Waals surface area contributed by atoms with Crippen molar-refractivity contribution in [3.63, 3.8) is 0 Å². The number of carbonyl (C=O) groups is 1. The molecule has 2 aromatic carbocycles. The minimum Gasteiger partial charge on any atom is -0.484 e. The molecule has 0 amide bonds. The summed E-state index contributed by atoms with van der Waals surface area (Å²) >= 11 is 6.05. The molecule has 1 N–H and O–H groups in total. The van der Waals surface area contributed by atoms with E-state index in [9.17, 15) is 19.6 Å². The number of imidazole rings is 1. The highest BCUT2D eigenvalue weighted by molar-refractivity contribution is 6.32. The number of benzene rings is 2. The number of halogens is 2. The summed E-state index contributed by atoms with van der Waals surface area (Å²) in [6, 6.07) is 12.8. The number of hydrogen-bond acceptors (Lipinski definition) is 9. The fourth-order valence-electron chi connectivity index (χ4n) is 5.56. The number of carboxylic acids is 1. The van der Waals surface area contributed by atoms with Gasteiger partial charge in [-0.2, -0.15) is 10.2 Å². The van der Waals surface area contributed by atoms with Crippen LogP contribution in [0.2, 0.25) is 5.02 Å². The minimum atomic E-state index is -0.988. The molecule has 0 aliphatic carbocycles. The van der Waals surface area contributed by atoms with Gasteiger partial charge in [0.1, 0.15) is 30.1 Å². The van der Waals surface area contributed by atoms with E-state index in [0.717, 1.165) is 23.3 Å². The van der Waals surface area contributed by atoms with E-state index in [2.05, 4.69) is 25.5 Å². The number of aromatic nitrogens is 4. The lowest BCUT2D eigenvalue weighted by molar-refractivity contribution is -0.0593. The molecule has 2 aliphatic rings. The molecule has 13 heteroatoms. The van der Waals surface area contributed by atoms with E-state index in [4.69, 9.17) is 30.8 Å². The van der Waals surface area contributed by atoms with E-state index in [1.807, 2.05) is 0 Å². The quantitative estimate of drug-likeness (QED) is 0.244. The van der Waals surface area contributed by atoms with Gasteiger partial charge in [-0.3, -0.25) is 4.90 Å². The SMILES string of the molecule is N#CC[C@H]1CC(Oc2ccnc(COc3ccc(F)cc3Cl)n2)CCN1Cc1nc2ccc(C(=O)O)cc2n1CC1CCO1. The molecule has 0 saturated carbocycles. The van der Waals surface area contributed by atoms with Gasteiger partial charge in [0.2, 0.25) is 5.88 Å². The van der Waals surface area contributed by atoms with E-state index >= 15 is 0 Å². The summed E-state index contributed by atoms with van der Waals surface area (Å²) in [5.74, 6) is 0.473. The number of fused-ring (bicyclic) bond motifs is 1. The van der Waals surface area contributed by atoms with Crippen molar-refractivity contribution in [3.8, 4) is 17.7 Å². The molecule has 3 atom stereocenters. The fourth-order valence-corrected chi connectivity index (χ4v) is 5.78. The number of hydrogen-bond donors (Lipinski definition) is 1. The predicted octanol–water partition coefficient (Wildman–Crippen LogP) is 5.01. The van der Waals surface area contributed by atoms with E-state index in [-0.39, 0.29) is 35.4 Å². The van der Waals surface area contributed by atoms with Crippen LogP contribution in [0.25, 0.3) is 11.0 Å². The second kappa shape index (κ2) is 13.1. The summed E-state index contributed by atoms with van der Waals surface area (Å²) in [4.78, 5) is 27.4. The third kappa shape index (κ3) is 6.75. The molecule has 2 aromatic heterocycles. The van der Waals surface area contributed by atoms with Gasteiger partial charge >= 0.3 is 5.97 Å². The van der Waals surface area contributed by atoms with Crippen LogP contribution in [0.4, 0.5) is 4.39 Å². The molecule has 2 aliphatic heterocycles. The van der Waals surface area contributed by atoms with Gasteiger partial charge < -0.3 is 23.9 Å². The zero-order chi connectivity index (χ0) is 30.6. The lowest BCUT2D eigenvalue weighted by Gasteiger charge is -2.38. The van der Waals surface area contributed by atoms with Crippen molar-refractivity contribution in [2.75, 3.05) is 13.2 Å². The van der Waals surface area contributed by atoms with Crippen LogP contribution in [-0.2, 0) is 24.4 Å². The second-order valence-electron chi connectivity index (χ2n) is 10.9. The third-order valence-electron chi connectivity index (χ3n) is 7.93. The Morgan fingerprint density at radius 2 is 2.07 bits per heavy atom. The number of carboxylic acid groups (broad SMARTS) is 1. The molecule has 11 nitrogen and oxygen atoms in total. The van der Waals surface area contributed by atoms with E-state index < -0.39 is 11.8 Å². The average Bonchev–Trinajstić information content (AvgIpc) is 3.32. The number of nitriles is 1. The van der Waals surface area contributed by atoms with Crippen LogP contribution in [0.15, 0.2) is 48.7 Å². The Labute approximate surface area is 257 Å². The van der Waals surface area contributed by atoms with Crippen molar-refractivity contribution in [3.05, 3.63) is 76.7 Å². The van der Waals surface area contributed by atoms with Crippen LogP contribution in [0.1, 0.15) is 47.7 Å². The molecular formula is C31H30ClFN6O5. The van der Waals surface area contributed by atoms with Crippen molar-refractivity contribution < 1.29 is 28.5 Å². The molecule has 2 unspecified atom stereocenters. The van der Waals surface area contributed by atoms with Gasteiger partial charge in [0.05, 0.1) is 53.3 Å². The van der Waals surface area contributed by atoms with Gasteiger partial charge in [-0.05, 0) is 49.2 Å². The Kier molecular flexibility index (Phi) is 8.88. The second-order valence-corrected chi connectivity index (χ2v) is 11.3. The average molecular weight is 621 g/mol. The summed E-state index contributed by atoms with van der Waals surface area (Å²) in [6.45, 7) is 2.51. The van der Waals surface area contributed by atoms with Gasteiger partial charge in [-0.15, -0.1) is 0 Å². The molecule has 0 spiro atoms. The standard InChI is InChI=1S/C31H30ClFN6O5/c32-24-14-20(33)2-4-27(24)43-18-28-35-10-6-30(37-28)44-22-7-11-38(21(15-22)5-9-34)17-29-36-25-3-1-19(31(40)41)13-26(25)39(29)16-23-8-12-42-23/h1-4,6,10,13-14,21-23H,5,7-8,11-12,15-18H2,(H,40,41)/t21-,22?,23?/m0/s1. The highest BCUT2D eigenvalue weighted by Gasteiger charge is 2.32. The molecule has 0 radical (unpaired) electrons. The van der Waals surface area contributed by atoms with Crippen LogP contribution in [0.5, 0.6) is 11.6 Å². The molecule has 44 heavy (non-hydrogen) atoms. The maximum absolute atomic E-state index is 13.3. The van der Waals surface area contributed by atoms with E-state index in [1.54, 1.807) is 30.5 Å². The fraction of sp³-hybridized carbons (Fsp3) is 0.387. The normalized spacial score (nSPS) is 20.2. The Morgan fingerprint density at radius 3 is 2.82 bits per heavy atom. The molecule has 6 rings (SSSR count). The maximum Gasteiger partial charge on any atom is 0.335 e. The molecule has 2 fully saturated rings. The highest BCUT2D eigenvalue weighted by Crippen LogP contribution is 2.29. The summed E-state index contributed by atoms with van der Waals surface area (Å²) < 4.78 is 33.0. The molecule has 4 aromatic rings. The van der Waals surface area contributed by atoms with E-state index in [1.165, 1.54) is 18.2 Å². The van der Waals surface area contributed by atoms with Crippen LogP contribution in [0, 0.1) is 17.1 Å². The topological polar surface area (TPSA) is 136 Å². The van der Waals surface area contributed by atoms with Gasteiger partial charge in [-0.25, -0.2) is 19.2 Å². The molecular weight excluding hydrogens is 591 g/mol. The lowest BCUT2D eigenvalue weighted by Crippen LogP contribution is -2.46. The monoisotopic (exact) mass is 620 g/mol. The number of piperidine rings is 1. The van der Waals surface area contributed by atoms with Crippen molar-refractivity contribution >= 4 is 28.6 Å². The first-order valence-corrected chi connectivity index (χ1v) is 14.8. The third-order valence-corrected chi connectivity index (χ3v) is 8.23. The zero-order valence-corrected chi connectivity index (χ0v) is 24.5. The Hall–Kier alpha value is -4.31. The number of rotatable bonds is 11. The van der Waals surface area contributed by atoms with Crippen LogP contribution in [-0.4, -0.2) is 66.9 Å². The van der Waals surface area contributed by atoms with Gasteiger partial charge in [0.15, 0.2) is 5.82 Å². The number of ether oxygens (including phenoxy) is 3. The Morgan fingerprint density at radius 1 is 1.20 bits per heavy atom. The summed E-state index contributed by atoms with van der Waals surface area (Å²) in [6.07, 6.45) is 4.05. The van der Waals surface area contributed by atoms with Crippen molar-refractivity contribution in [1.82, 2.24) is 24.4 Å². The number of nitrogens with zero attached hydrogens (tertiary/aromatic N) is 6. The van der Waals surface area contributed by atoms with Gasteiger partial charge in [0.25, 0.3) is 0 Å². The van der Waals surface area contributed by atoms with Crippen LogP contribution in [0.3, 0.4) is 0 Å². The summed E-state index contributed by atoms with van der Waals surface area (Å²) in [5.41, 5.74) is 1.69. The number of aromatic carboxylic acids is 1. The van der Waals surface area contributed by atoms with Crippen molar-refractivity contribution in [2.45, 2.75) is 63.6 Å². The van der Waals surface area contributed by atoms with Crippen molar-refractivity contribution in [1.29, 1.82) is 5.26 Å². The lowest BCUT2D eigenvalue weighted by atomic mass is 9.97. The smallest absolute Gasteiger partial charge is 0.335 e.